The van der Waals surface area contributed by atoms with Crippen molar-refractivity contribution in [3.63, 3.8) is 0 Å². The predicted molar refractivity (Wildman–Crippen MR) is 46.6 cm³/mol. The number of rotatable bonds is 5. The fraction of sp³-hybridized carbons (Fsp3) is 0.571. The molecule has 0 amide bonds. The van der Waals surface area contributed by atoms with Crippen molar-refractivity contribution in [2.75, 3.05) is 6.61 Å². The van der Waals surface area contributed by atoms with Crippen LogP contribution in [-0.4, -0.2) is 23.7 Å². The van der Waals surface area contributed by atoms with Gasteiger partial charge >= 0.3 is 35.5 Å². The van der Waals surface area contributed by atoms with Gasteiger partial charge in [-0.25, -0.2) is 0 Å². The van der Waals surface area contributed by atoms with E-state index in [1.165, 1.54) is 6.08 Å². The average Bonchev–Trinajstić information content (AvgIpc) is 2.01. The number of hydrogen-bond acceptors (Lipinski definition) is 5. The molecule has 5 nitrogen and oxygen atoms in total. The van der Waals surface area contributed by atoms with Crippen molar-refractivity contribution in [1.82, 2.24) is 5.12 Å². The van der Waals surface area contributed by atoms with Gasteiger partial charge in [0.2, 0.25) is 0 Å². The molecule has 0 bridgehead atoms. The Bertz CT molecular complexity index is 169. The Labute approximate surface area is 102 Å². The van der Waals surface area contributed by atoms with Crippen LogP contribution in [0.25, 0.3) is 0 Å². The third kappa shape index (κ3) is 6.20. The van der Waals surface area contributed by atoms with Gasteiger partial charge in [-0.3, -0.25) is 16.5 Å². The van der Waals surface area contributed by atoms with E-state index in [1.54, 1.807) is 6.92 Å². The zero-order valence-corrected chi connectivity index (χ0v) is 10.2. The Hall–Kier alpha value is 0.0900. The van der Waals surface area contributed by atoms with Crippen molar-refractivity contribution < 1.29 is 40.5 Å². The molecule has 0 heterocycles. The van der Waals surface area contributed by atoms with Gasteiger partial charge in [0, 0.05) is 0 Å². The van der Waals surface area contributed by atoms with Gasteiger partial charge in [-0.2, -0.15) is 5.12 Å². The van der Waals surface area contributed by atoms with E-state index in [1.807, 2.05) is 0 Å². The van der Waals surface area contributed by atoms with E-state index in [9.17, 15) is 4.79 Å². The van der Waals surface area contributed by atoms with Crippen LogP contribution < -0.4 is 41.2 Å². The number of nitrogens with zero attached hydrogens (tertiary/aromatic N) is 1. The van der Waals surface area contributed by atoms with Crippen LogP contribution in [0.15, 0.2) is 12.7 Å². The fourth-order valence-corrected chi connectivity index (χ4v) is 0.736. The standard InChI is InChI=1S/C7H15N3O2.Na.H/c1-3-5-12-7(11)6(4-2)10(8)9;;/h3,6H,1,4-5,8-9H2,2H3;;/q;+1;-1. The van der Waals surface area contributed by atoms with Crippen molar-refractivity contribution >= 4 is 5.97 Å². The van der Waals surface area contributed by atoms with Crippen LogP contribution in [-0.2, 0) is 9.53 Å². The number of hydrogen-bond donors (Lipinski definition) is 2. The molecule has 0 fully saturated rings. The van der Waals surface area contributed by atoms with Gasteiger partial charge in [0.25, 0.3) is 0 Å². The molecule has 1 atom stereocenters. The summed E-state index contributed by atoms with van der Waals surface area (Å²) in [5.74, 6) is 9.98. The second-order valence-corrected chi connectivity index (χ2v) is 2.29. The Balaban J connectivity index is -0.000000605. The molecule has 6 heteroatoms. The molecule has 0 saturated heterocycles. The molecule has 72 valence electrons. The van der Waals surface area contributed by atoms with E-state index in [2.05, 4.69) is 6.58 Å². The summed E-state index contributed by atoms with van der Waals surface area (Å²) in [6.45, 7) is 5.39. The molecule has 0 aromatic heterocycles. The fourth-order valence-electron chi connectivity index (χ4n) is 0.736. The first-order chi connectivity index (χ1) is 5.63. The van der Waals surface area contributed by atoms with Crippen molar-refractivity contribution in [2.24, 2.45) is 11.7 Å². The molecule has 1 unspecified atom stereocenters. The molecule has 0 aromatic carbocycles. The quantitative estimate of drug-likeness (QED) is 0.158. The van der Waals surface area contributed by atoms with E-state index in [-0.39, 0.29) is 37.6 Å². The first kappa shape index (κ1) is 15.6. The minimum atomic E-state index is -0.579. The third-order valence-electron chi connectivity index (χ3n) is 1.36. The maximum atomic E-state index is 11.1. The maximum Gasteiger partial charge on any atom is 1.00 e. The number of carbonyl (C=O) groups excluding carboxylic acids is 1. The Morgan fingerprint density at radius 1 is 1.77 bits per heavy atom. The summed E-state index contributed by atoms with van der Waals surface area (Å²) in [4.78, 5) is 11.1. The second kappa shape index (κ2) is 8.68. The van der Waals surface area contributed by atoms with Gasteiger partial charge in [-0.15, -0.1) is 0 Å². The molecule has 0 aliphatic carbocycles. The predicted octanol–water partition coefficient (Wildman–Crippen LogP) is -3.34. The van der Waals surface area contributed by atoms with Gasteiger partial charge in [-0.1, -0.05) is 19.6 Å². The molecule has 0 rings (SSSR count). The molecule has 0 aliphatic heterocycles. The van der Waals surface area contributed by atoms with E-state index in [0.717, 1.165) is 5.12 Å². The van der Waals surface area contributed by atoms with E-state index in [0.29, 0.717) is 6.42 Å². The summed E-state index contributed by atoms with van der Waals surface area (Å²) in [7, 11) is 0. The van der Waals surface area contributed by atoms with E-state index in [4.69, 9.17) is 16.4 Å². The SMILES string of the molecule is C=CCOC(=O)C(CC)N(N)N.[H-].[Na+]. The molecule has 4 N–H and O–H groups in total. The summed E-state index contributed by atoms with van der Waals surface area (Å²) in [6.07, 6.45) is 2.00. The molecule has 0 aromatic rings. The van der Waals surface area contributed by atoms with Gasteiger partial charge < -0.3 is 6.16 Å². The van der Waals surface area contributed by atoms with Crippen molar-refractivity contribution in [3.05, 3.63) is 12.7 Å². The van der Waals surface area contributed by atoms with Gasteiger partial charge in [0.1, 0.15) is 12.6 Å². The minimum Gasteiger partial charge on any atom is -1.00 e. The summed E-state index contributed by atoms with van der Waals surface area (Å²) < 4.78 is 4.75. The normalized spacial score (nSPS) is 11.7. The molecule has 0 saturated carbocycles. The van der Waals surface area contributed by atoms with Crippen LogP contribution in [0.4, 0.5) is 0 Å². The van der Waals surface area contributed by atoms with Gasteiger partial charge in [-0.05, 0) is 6.42 Å². The van der Waals surface area contributed by atoms with Crippen LogP contribution in [0.2, 0.25) is 0 Å². The van der Waals surface area contributed by atoms with Crippen molar-refractivity contribution in [2.45, 2.75) is 19.4 Å². The van der Waals surface area contributed by atoms with Crippen molar-refractivity contribution in [3.8, 4) is 0 Å². The minimum absolute atomic E-state index is 0. The van der Waals surface area contributed by atoms with E-state index < -0.39 is 12.0 Å². The monoisotopic (exact) mass is 197 g/mol. The van der Waals surface area contributed by atoms with Crippen LogP contribution in [0.1, 0.15) is 14.8 Å². The van der Waals surface area contributed by atoms with Crippen LogP contribution in [0, 0.1) is 0 Å². The topological polar surface area (TPSA) is 81.6 Å². The number of ether oxygens (including phenoxy) is 1. The first-order valence-corrected chi connectivity index (χ1v) is 3.69. The van der Waals surface area contributed by atoms with Gasteiger partial charge in [0.15, 0.2) is 0 Å². The van der Waals surface area contributed by atoms with Crippen LogP contribution in [0.3, 0.4) is 0 Å². The number of carbonyl (C=O) groups is 1. The van der Waals surface area contributed by atoms with Gasteiger partial charge in [0.05, 0.1) is 0 Å². The Morgan fingerprint density at radius 3 is 2.62 bits per heavy atom. The summed E-state index contributed by atoms with van der Waals surface area (Å²) in [5.41, 5.74) is 0. The molecular weight excluding hydrogens is 181 g/mol. The first-order valence-electron chi connectivity index (χ1n) is 3.69. The molecule has 0 radical (unpaired) electrons. The van der Waals surface area contributed by atoms with Crippen LogP contribution >= 0.6 is 0 Å². The number of hydrazine groups is 2. The molecule has 13 heavy (non-hydrogen) atoms. The summed E-state index contributed by atoms with van der Waals surface area (Å²) in [5, 5.41) is 0.853. The third-order valence-corrected chi connectivity index (χ3v) is 1.36. The number of nitrogens with two attached hydrogens (primary N) is 2. The average molecular weight is 197 g/mol. The summed E-state index contributed by atoms with van der Waals surface area (Å²) in [6, 6.07) is -0.579. The van der Waals surface area contributed by atoms with Crippen molar-refractivity contribution in [1.29, 1.82) is 0 Å². The van der Waals surface area contributed by atoms with Crippen LogP contribution in [0.5, 0.6) is 0 Å². The Kier molecular flexibility index (Phi) is 10.4. The Morgan fingerprint density at radius 2 is 2.31 bits per heavy atom. The largest absolute Gasteiger partial charge is 1.00 e. The number of esters is 1. The zero-order valence-electron chi connectivity index (χ0n) is 9.19. The second-order valence-electron chi connectivity index (χ2n) is 2.29. The smallest absolute Gasteiger partial charge is 1.00 e. The molecule has 0 spiro atoms. The maximum absolute atomic E-state index is 11.1. The van der Waals surface area contributed by atoms with E-state index >= 15 is 0 Å². The molecular formula is C7H16N3NaO2. The summed E-state index contributed by atoms with van der Waals surface area (Å²) >= 11 is 0. The zero-order chi connectivity index (χ0) is 9.56. The molecule has 0 aliphatic rings.